The van der Waals surface area contributed by atoms with E-state index in [0.717, 1.165) is 6.42 Å². The molecule has 0 aromatic carbocycles. The topological polar surface area (TPSA) is 97.1 Å². The van der Waals surface area contributed by atoms with Gasteiger partial charge in [0.1, 0.15) is 5.54 Å². The minimum absolute atomic E-state index is 0.159. The second-order valence-electron chi connectivity index (χ2n) is 6.74. The second kappa shape index (κ2) is 7.21. The van der Waals surface area contributed by atoms with E-state index in [4.69, 9.17) is 0 Å². The van der Waals surface area contributed by atoms with Crippen molar-refractivity contribution >= 4 is 22.9 Å². The van der Waals surface area contributed by atoms with Crippen molar-refractivity contribution < 1.29 is 14.7 Å². The molecule has 0 aliphatic heterocycles. The number of rotatable bonds is 7. The number of pyridine rings is 1. The van der Waals surface area contributed by atoms with Gasteiger partial charge >= 0.3 is 5.97 Å². The molecule has 2 aromatic heterocycles. The molecule has 136 valence electrons. The summed E-state index contributed by atoms with van der Waals surface area (Å²) in [5.41, 5.74) is 0.435. The number of carboxylic acids is 1. The monoisotopic (exact) mass is 346 g/mol. The van der Waals surface area contributed by atoms with Gasteiger partial charge in [-0.1, -0.05) is 20.3 Å². The standard InChI is InChI=1S/C18H26N4O3/c1-6-8-18(5,17(24)25)21-16(23)13-9-11(3)20-15-14(13)10-19-22(15)12(4)7-2/h9-10,12H,6-8H2,1-5H3,(H,21,23)(H,24,25). The number of fused-ring (bicyclic) bond motifs is 1. The average molecular weight is 346 g/mol. The third kappa shape index (κ3) is 3.65. The van der Waals surface area contributed by atoms with Gasteiger partial charge in [0.05, 0.1) is 23.2 Å². The molecule has 2 heterocycles. The quantitative estimate of drug-likeness (QED) is 0.803. The maximum absolute atomic E-state index is 12.8. The Labute approximate surface area is 147 Å². The van der Waals surface area contributed by atoms with Crippen LogP contribution in [0, 0.1) is 6.92 Å². The maximum atomic E-state index is 12.8. The summed E-state index contributed by atoms with van der Waals surface area (Å²) >= 11 is 0. The van der Waals surface area contributed by atoms with Crippen molar-refractivity contribution in [1.29, 1.82) is 0 Å². The molecule has 0 bridgehead atoms. The molecule has 0 fully saturated rings. The van der Waals surface area contributed by atoms with Gasteiger partial charge in [-0.3, -0.25) is 4.79 Å². The molecule has 0 radical (unpaired) electrons. The van der Waals surface area contributed by atoms with E-state index in [1.807, 2.05) is 25.5 Å². The zero-order valence-corrected chi connectivity index (χ0v) is 15.5. The van der Waals surface area contributed by atoms with Gasteiger partial charge in [-0.2, -0.15) is 5.10 Å². The molecular weight excluding hydrogens is 320 g/mol. The number of aromatic nitrogens is 3. The third-order valence-corrected chi connectivity index (χ3v) is 4.56. The molecule has 0 aliphatic carbocycles. The number of carboxylic acid groups (broad SMARTS) is 1. The number of hydrogen-bond donors (Lipinski definition) is 2. The maximum Gasteiger partial charge on any atom is 0.329 e. The van der Waals surface area contributed by atoms with Gasteiger partial charge in [0.15, 0.2) is 5.65 Å². The molecule has 2 rings (SSSR count). The lowest BCUT2D eigenvalue weighted by Gasteiger charge is -2.26. The van der Waals surface area contributed by atoms with Crippen LogP contribution in [0.25, 0.3) is 11.0 Å². The predicted octanol–water partition coefficient (Wildman–Crippen LogP) is 3.08. The minimum atomic E-state index is -1.30. The molecule has 1 amide bonds. The summed E-state index contributed by atoms with van der Waals surface area (Å²) < 4.78 is 1.81. The zero-order chi connectivity index (χ0) is 18.8. The molecule has 2 aromatic rings. The van der Waals surface area contributed by atoms with Crippen molar-refractivity contribution in [3.05, 3.63) is 23.5 Å². The van der Waals surface area contributed by atoms with E-state index in [9.17, 15) is 14.7 Å². The predicted molar refractivity (Wildman–Crippen MR) is 95.7 cm³/mol. The van der Waals surface area contributed by atoms with Gasteiger partial charge in [-0.05, 0) is 39.7 Å². The van der Waals surface area contributed by atoms with Gasteiger partial charge in [0.2, 0.25) is 0 Å². The summed E-state index contributed by atoms with van der Waals surface area (Å²) in [6, 6.07) is 1.83. The first-order valence-corrected chi connectivity index (χ1v) is 8.64. The van der Waals surface area contributed by atoms with Crippen molar-refractivity contribution in [2.24, 2.45) is 0 Å². The summed E-state index contributed by atoms with van der Waals surface area (Å²) in [5, 5.41) is 17.2. The lowest BCUT2D eigenvalue weighted by Crippen LogP contribution is -2.52. The molecule has 0 saturated heterocycles. The third-order valence-electron chi connectivity index (χ3n) is 4.56. The highest BCUT2D eigenvalue weighted by Crippen LogP contribution is 2.23. The van der Waals surface area contributed by atoms with E-state index in [1.54, 1.807) is 12.3 Å². The fourth-order valence-corrected chi connectivity index (χ4v) is 2.87. The molecule has 0 aliphatic rings. The van der Waals surface area contributed by atoms with Crippen LogP contribution >= 0.6 is 0 Å². The Balaban J connectivity index is 2.48. The first-order chi connectivity index (χ1) is 11.7. The van der Waals surface area contributed by atoms with E-state index in [-0.39, 0.29) is 6.04 Å². The number of carbonyl (C=O) groups excluding carboxylic acids is 1. The van der Waals surface area contributed by atoms with Crippen LogP contribution < -0.4 is 5.32 Å². The Morgan fingerprint density at radius 3 is 2.64 bits per heavy atom. The number of aryl methyl sites for hydroxylation is 1. The van der Waals surface area contributed by atoms with E-state index in [0.29, 0.717) is 35.1 Å². The molecule has 0 spiro atoms. The smallest absolute Gasteiger partial charge is 0.329 e. The van der Waals surface area contributed by atoms with Crippen LogP contribution in [-0.2, 0) is 4.79 Å². The number of nitrogens with zero attached hydrogens (tertiary/aromatic N) is 3. The zero-order valence-electron chi connectivity index (χ0n) is 15.5. The van der Waals surface area contributed by atoms with Crippen LogP contribution in [0.5, 0.6) is 0 Å². The number of hydrogen-bond acceptors (Lipinski definition) is 4. The number of nitrogens with one attached hydrogen (secondary N) is 1. The molecular formula is C18H26N4O3. The fraction of sp³-hybridized carbons (Fsp3) is 0.556. The van der Waals surface area contributed by atoms with Gasteiger partial charge in [0, 0.05) is 5.69 Å². The van der Waals surface area contributed by atoms with E-state index in [2.05, 4.69) is 22.3 Å². The summed E-state index contributed by atoms with van der Waals surface area (Å²) in [4.78, 5) is 28.9. The van der Waals surface area contributed by atoms with Crippen molar-refractivity contribution in [1.82, 2.24) is 20.1 Å². The number of carbonyl (C=O) groups is 2. The first kappa shape index (κ1) is 18.9. The van der Waals surface area contributed by atoms with Gasteiger partial charge in [0.25, 0.3) is 5.91 Å². The lowest BCUT2D eigenvalue weighted by atomic mass is 9.95. The molecule has 0 saturated carbocycles. The van der Waals surface area contributed by atoms with Crippen molar-refractivity contribution in [3.8, 4) is 0 Å². The SMILES string of the molecule is CCCC(C)(NC(=O)c1cc(C)nc2c1cnn2C(C)CC)C(=O)O. The Hall–Kier alpha value is -2.44. The molecule has 2 atom stereocenters. The van der Waals surface area contributed by atoms with Gasteiger partial charge in [-0.15, -0.1) is 0 Å². The Kier molecular flexibility index (Phi) is 5.45. The summed E-state index contributed by atoms with van der Waals surface area (Å²) in [6.07, 6.45) is 3.52. The second-order valence-corrected chi connectivity index (χ2v) is 6.74. The Morgan fingerprint density at radius 2 is 2.08 bits per heavy atom. The summed E-state index contributed by atoms with van der Waals surface area (Å²) in [6.45, 7) is 9.33. The fourth-order valence-electron chi connectivity index (χ4n) is 2.87. The Bertz CT molecular complexity index is 799. The normalized spacial score (nSPS) is 14.9. The molecule has 25 heavy (non-hydrogen) atoms. The highest BCUT2D eigenvalue weighted by atomic mass is 16.4. The van der Waals surface area contributed by atoms with Crippen molar-refractivity contribution in [2.45, 2.75) is 65.5 Å². The number of amides is 1. The summed E-state index contributed by atoms with van der Waals surface area (Å²) in [5.74, 6) is -1.46. The first-order valence-electron chi connectivity index (χ1n) is 8.64. The number of aliphatic carboxylic acids is 1. The van der Waals surface area contributed by atoms with Gasteiger partial charge < -0.3 is 10.4 Å². The minimum Gasteiger partial charge on any atom is -0.480 e. The largest absolute Gasteiger partial charge is 0.480 e. The van der Waals surface area contributed by atoms with Crippen LogP contribution in [0.1, 0.15) is 69.1 Å². The molecule has 2 N–H and O–H groups in total. The van der Waals surface area contributed by atoms with Crippen LogP contribution in [0.15, 0.2) is 12.3 Å². The molecule has 2 unspecified atom stereocenters. The van der Waals surface area contributed by atoms with E-state index >= 15 is 0 Å². The van der Waals surface area contributed by atoms with Crippen LogP contribution in [0.2, 0.25) is 0 Å². The highest BCUT2D eigenvalue weighted by molar-refractivity contribution is 6.07. The van der Waals surface area contributed by atoms with E-state index in [1.165, 1.54) is 6.92 Å². The van der Waals surface area contributed by atoms with Crippen LogP contribution in [0.3, 0.4) is 0 Å². The highest BCUT2D eigenvalue weighted by Gasteiger charge is 2.34. The van der Waals surface area contributed by atoms with Crippen LogP contribution in [-0.4, -0.2) is 37.3 Å². The van der Waals surface area contributed by atoms with Gasteiger partial charge in [-0.25, -0.2) is 14.5 Å². The van der Waals surface area contributed by atoms with Crippen LogP contribution in [0.4, 0.5) is 0 Å². The Morgan fingerprint density at radius 1 is 1.40 bits per heavy atom. The molecule has 7 nitrogen and oxygen atoms in total. The lowest BCUT2D eigenvalue weighted by molar-refractivity contribution is -0.144. The van der Waals surface area contributed by atoms with Crippen molar-refractivity contribution in [3.63, 3.8) is 0 Å². The molecule has 7 heteroatoms. The van der Waals surface area contributed by atoms with E-state index < -0.39 is 17.4 Å². The van der Waals surface area contributed by atoms with Crippen molar-refractivity contribution in [2.75, 3.05) is 0 Å². The summed E-state index contributed by atoms with van der Waals surface area (Å²) in [7, 11) is 0. The average Bonchev–Trinajstić information content (AvgIpc) is 2.96.